The Labute approximate surface area is 147 Å². The summed E-state index contributed by atoms with van der Waals surface area (Å²) in [4.78, 5) is 12.2. The van der Waals surface area contributed by atoms with Crippen molar-refractivity contribution in [3.63, 3.8) is 0 Å². The van der Waals surface area contributed by atoms with E-state index in [0.717, 1.165) is 15.2 Å². The maximum atomic E-state index is 13.6. The highest BCUT2D eigenvalue weighted by atomic mass is 79.9. The van der Waals surface area contributed by atoms with Crippen LogP contribution in [0, 0.1) is 5.82 Å². The topological polar surface area (TPSA) is 38.3 Å². The van der Waals surface area contributed by atoms with Crippen molar-refractivity contribution in [3.05, 3.63) is 71.0 Å². The maximum Gasteiger partial charge on any atom is 0.265 e. The number of ether oxygens (including phenoxy) is 1. The summed E-state index contributed by atoms with van der Waals surface area (Å²) in [5.74, 6) is -0.300. The number of hydrogen-bond acceptors (Lipinski definition) is 2. The molecule has 0 fully saturated rings. The molecule has 0 aliphatic heterocycles. The average molecular weight is 388 g/mol. The molecule has 1 amide bonds. The monoisotopic (exact) mass is 387 g/mol. The first-order chi connectivity index (χ1) is 11.5. The van der Waals surface area contributed by atoms with E-state index < -0.39 is 17.8 Å². The second kappa shape index (κ2) is 7.01. The van der Waals surface area contributed by atoms with Gasteiger partial charge in [-0.2, -0.15) is 0 Å². The van der Waals surface area contributed by atoms with Crippen LogP contribution in [-0.4, -0.2) is 12.0 Å². The molecule has 5 heteroatoms. The Balaban J connectivity index is 1.72. The lowest BCUT2D eigenvalue weighted by atomic mass is 10.1. The zero-order chi connectivity index (χ0) is 17.1. The Morgan fingerprint density at radius 3 is 2.58 bits per heavy atom. The number of halogens is 2. The number of fused-ring (bicyclic) bond motifs is 1. The van der Waals surface area contributed by atoms with E-state index in [1.165, 1.54) is 12.1 Å². The number of para-hydroxylation sites is 1. The fraction of sp³-hybridized carbons (Fsp3) is 0.105. The van der Waals surface area contributed by atoms with Crippen molar-refractivity contribution < 1.29 is 13.9 Å². The highest BCUT2D eigenvalue weighted by molar-refractivity contribution is 9.10. The molecular weight excluding hydrogens is 373 g/mol. The highest BCUT2D eigenvalue weighted by Crippen LogP contribution is 2.25. The van der Waals surface area contributed by atoms with Gasteiger partial charge in [-0.25, -0.2) is 4.39 Å². The Kier molecular flexibility index (Phi) is 4.81. The van der Waals surface area contributed by atoms with E-state index in [1.54, 1.807) is 19.1 Å². The average Bonchev–Trinajstić information content (AvgIpc) is 2.57. The van der Waals surface area contributed by atoms with Crippen LogP contribution >= 0.6 is 15.9 Å². The minimum atomic E-state index is -0.752. The fourth-order valence-corrected chi connectivity index (χ4v) is 2.70. The number of carbonyl (C=O) groups is 1. The van der Waals surface area contributed by atoms with Crippen LogP contribution in [0.1, 0.15) is 6.92 Å². The summed E-state index contributed by atoms with van der Waals surface area (Å²) in [5, 5.41) is 4.61. The van der Waals surface area contributed by atoms with Gasteiger partial charge in [0.15, 0.2) is 6.10 Å². The molecule has 3 nitrogen and oxygen atoms in total. The summed E-state index contributed by atoms with van der Waals surface area (Å²) in [6, 6.07) is 17.6. The number of anilines is 1. The molecule has 0 aromatic heterocycles. The van der Waals surface area contributed by atoms with Gasteiger partial charge in [0.05, 0.1) is 5.69 Å². The lowest BCUT2D eigenvalue weighted by Crippen LogP contribution is -2.30. The van der Waals surface area contributed by atoms with Crippen LogP contribution in [0.5, 0.6) is 5.75 Å². The molecule has 0 aliphatic rings. The van der Waals surface area contributed by atoms with Gasteiger partial charge in [-0.05, 0) is 54.1 Å². The van der Waals surface area contributed by atoms with Crippen molar-refractivity contribution in [3.8, 4) is 5.75 Å². The highest BCUT2D eigenvalue weighted by Gasteiger charge is 2.16. The first kappa shape index (κ1) is 16.5. The molecule has 3 aromatic carbocycles. The summed E-state index contributed by atoms with van der Waals surface area (Å²) in [6.45, 7) is 1.63. The van der Waals surface area contributed by atoms with E-state index in [1.807, 2.05) is 36.4 Å². The molecule has 24 heavy (non-hydrogen) atoms. The second-order valence-corrected chi connectivity index (χ2v) is 6.30. The lowest BCUT2D eigenvalue weighted by molar-refractivity contribution is -0.122. The number of benzene rings is 3. The lowest BCUT2D eigenvalue weighted by Gasteiger charge is -2.15. The molecule has 0 aliphatic carbocycles. The zero-order valence-electron chi connectivity index (χ0n) is 12.9. The van der Waals surface area contributed by atoms with Gasteiger partial charge in [-0.15, -0.1) is 0 Å². The fourth-order valence-electron chi connectivity index (χ4n) is 2.32. The number of nitrogens with one attached hydrogen (secondary N) is 1. The number of hydrogen-bond donors (Lipinski definition) is 1. The van der Waals surface area contributed by atoms with Gasteiger partial charge in [-0.1, -0.05) is 40.2 Å². The van der Waals surface area contributed by atoms with E-state index in [9.17, 15) is 9.18 Å². The first-order valence-electron chi connectivity index (χ1n) is 7.44. The van der Waals surface area contributed by atoms with Gasteiger partial charge < -0.3 is 10.1 Å². The standard InChI is InChI=1S/C19H15BrFNO2/c1-12(19(23)22-18-5-3-2-4-17(18)21)24-16-9-7-13-10-15(20)8-6-14(13)11-16/h2-12H,1H3,(H,22,23). The van der Waals surface area contributed by atoms with Crippen LogP contribution in [-0.2, 0) is 4.79 Å². The molecule has 0 bridgehead atoms. The smallest absolute Gasteiger partial charge is 0.265 e. The SMILES string of the molecule is CC(Oc1ccc2cc(Br)ccc2c1)C(=O)Nc1ccccc1F. The van der Waals surface area contributed by atoms with Crippen LogP contribution in [0.2, 0.25) is 0 Å². The third kappa shape index (κ3) is 3.74. The van der Waals surface area contributed by atoms with Crippen LogP contribution in [0.15, 0.2) is 65.1 Å². The number of carbonyl (C=O) groups excluding carboxylic acids is 1. The van der Waals surface area contributed by atoms with E-state index in [2.05, 4.69) is 21.2 Å². The van der Waals surface area contributed by atoms with Crippen LogP contribution in [0.3, 0.4) is 0 Å². The summed E-state index contributed by atoms with van der Waals surface area (Å²) >= 11 is 3.43. The summed E-state index contributed by atoms with van der Waals surface area (Å²) in [7, 11) is 0. The van der Waals surface area contributed by atoms with Crippen molar-refractivity contribution in [2.75, 3.05) is 5.32 Å². The third-order valence-electron chi connectivity index (χ3n) is 3.59. The second-order valence-electron chi connectivity index (χ2n) is 5.38. The Morgan fingerprint density at radius 2 is 1.79 bits per heavy atom. The van der Waals surface area contributed by atoms with Gasteiger partial charge in [0.25, 0.3) is 5.91 Å². The van der Waals surface area contributed by atoms with Gasteiger partial charge in [0.1, 0.15) is 11.6 Å². The van der Waals surface area contributed by atoms with Crippen LogP contribution in [0.25, 0.3) is 10.8 Å². The number of amides is 1. The molecule has 0 spiro atoms. The molecule has 1 N–H and O–H groups in total. The van der Waals surface area contributed by atoms with Crippen molar-refractivity contribution in [2.24, 2.45) is 0 Å². The maximum absolute atomic E-state index is 13.6. The first-order valence-corrected chi connectivity index (χ1v) is 8.23. The Hall–Kier alpha value is -2.40. The largest absolute Gasteiger partial charge is 0.481 e. The molecule has 0 heterocycles. The predicted octanol–water partition coefficient (Wildman–Crippen LogP) is 5.15. The van der Waals surface area contributed by atoms with Crippen LogP contribution < -0.4 is 10.1 Å². The molecule has 3 rings (SSSR count). The van der Waals surface area contributed by atoms with Crippen molar-refractivity contribution in [1.82, 2.24) is 0 Å². The quantitative estimate of drug-likeness (QED) is 0.672. The normalized spacial score (nSPS) is 12.0. The minimum absolute atomic E-state index is 0.140. The summed E-state index contributed by atoms with van der Waals surface area (Å²) in [6.07, 6.45) is -0.752. The Bertz CT molecular complexity index is 897. The summed E-state index contributed by atoms with van der Waals surface area (Å²) < 4.78 is 20.3. The summed E-state index contributed by atoms with van der Waals surface area (Å²) in [5.41, 5.74) is 0.140. The molecule has 122 valence electrons. The van der Waals surface area contributed by atoms with E-state index in [4.69, 9.17) is 4.74 Å². The molecule has 0 radical (unpaired) electrons. The molecule has 1 unspecified atom stereocenters. The van der Waals surface area contributed by atoms with Crippen molar-refractivity contribution >= 4 is 38.3 Å². The number of rotatable bonds is 4. The van der Waals surface area contributed by atoms with E-state index >= 15 is 0 Å². The van der Waals surface area contributed by atoms with Crippen molar-refractivity contribution in [2.45, 2.75) is 13.0 Å². The van der Waals surface area contributed by atoms with E-state index in [0.29, 0.717) is 5.75 Å². The van der Waals surface area contributed by atoms with Gasteiger partial charge in [0, 0.05) is 4.47 Å². The molecule has 3 aromatic rings. The van der Waals surface area contributed by atoms with Gasteiger partial charge in [-0.3, -0.25) is 4.79 Å². The molecular formula is C19H15BrFNO2. The van der Waals surface area contributed by atoms with Gasteiger partial charge >= 0.3 is 0 Å². The molecule has 1 atom stereocenters. The predicted molar refractivity (Wildman–Crippen MR) is 96.8 cm³/mol. The Morgan fingerprint density at radius 1 is 1.08 bits per heavy atom. The minimum Gasteiger partial charge on any atom is -0.481 e. The zero-order valence-corrected chi connectivity index (χ0v) is 14.5. The van der Waals surface area contributed by atoms with Crippen molar-refractivity contribution in [1.29, 1.82) is 0 Å². The molecule has 0 saturated carbocycles. The van der Waals surface area contributed by atoms with E-state index in [-0.39, 0.29) is 5.69 Å². The van der Waals surface area contributed by atoms with Gasteiger partial charge in [0.2, 0.25) is 0 Å². The third-order valence-corrected chi connectivity index (χ3v) is 4.08. The molecule has 0 saturated heterocycles. The van der Waals surface area contributed by atoms with Crippen LogP contribution in [0.4, 0.5) is 10.1 Å².